The molecule has 3 aromatic carbocycles. The summed E-state index contributed by atoms with van der Waals surface area (Å²) in [6.07, 6.45) is 12.6. The number of hydrogen-bond donors (Lipinski definition) is 3. The van der Waals surface area contributed by atoms with Gasteiger partial charge >= 0.3 is 0 Å². The van der Waals surface area contributed by atoms with Gasteiger partial charge in [0.1, 0.15) is 23.0 Å². The number of nitrogens with zero attached hydrogens (tertiary/aromatic N) is 4. The quantitative estimate of drug-likeness (QED) is 0.0863. The molecule has 1 amide bonds. The minimum absolute atomic E-state index is 0.0664. The van der Waals surface area contributed by atoms with Crippen molar-refractivity contribution in [2.75, 3.05) is 55.3 Å². The van der Waals surface area contributed by atoms with E-state index in [0.717, 1.165) is 63.0 Å². The van der Waals surface area contributed by atoms with Gasteiger partial charge in [-0.15, -0.1) is 0 Å². The molecule has 0 unspecified atom stereocenters. The predicted molar refractivity (Wildman–Crippen MR) is 234 cm³/mol. The normalized spacial score (nSPS) is 20.9. The third-order valence-corrected chi connectivity index (χ3v) is 15.2. The molecule has 1 spiro atoms. The van der Waals surface area contributed by atoms with Crippen molar-refractivity contribution >= 4 is 50.4 Å². The molecule has 3 saturated heterocycles. The Morgan fingerprint density at radius 3 is 2.46 bits per heavy atom. The number of hydrogen-bond acceptors (Lipinski definition) is 12. The molecule has 5 aliphatic rings. The van der Waals surface area contributed by atoms with E-state index in [1.807, 2.05) is 0 Å². The Kier molecular flexibility index (Phi) is 11.6. The number of halogens is 1. The predicted octanol–water partition coefficient (Wildman–Crippen LogP) is 8.44. The van der Waals surface area contributed by atoms with Crippen LogP contribution in [0.25, 0.3) is 0 Å². The molecule has 14 nitrogen and oxygen atoms in total. The van der Waals surface area contributed by atoms with Crippen LogP contribution in [0.15, 0.2) is 77.8 Å². The standard InChI is InChI=1S/C45H52ClN7O7S/c46-38-23-33(28-49-43(38)47)60-42-22-31(51-18-15-45(16-19-51)25-32(26-45)52-17-3-6-40(52)36-5-2-1-4-35(36)30-7-8-30)9-11-37(42)44(54)50-61(57,58)34-10-12-39(41(24-34)53(55)56)48-27-29-13-20-59-21-14-29/h1-2,4-5,9-12,22-24,28-30,32,40,48H,3,6-8,13-21,25-27H2,(H2,47,49)(H,50,54)/t40-/m0/s1. The average Bonchev–Trinajstić information content (AvgIpc) is 3.99. The van der Waals surface area contributed by atoms with Crippen LogP contribution in [0.2, 0.25) is 5.02 Å². The first kappa shape index (κ1) is 41.4. The van der Waals surface area contributed by atoms with Crippen molar-refractivity contribution in [3.8, 4) is 11.5 Å². The van der Waals surface area contributed by atoms with Crippen LogP contribution in [0.1, 0.15) is 97.7 Å². The van der Waals surface area contributed by atoms with Crippen LogP contribution in [0.3, 0.4) is 0 Å². The van der Waals surface area contributed by atoms with Crippen LogP contribution >= 0.6 is 11.6 Å². The minimum Gasteiger partial charge on any atom is -0.455 e. The first-order valence-corrected chi connectivity index (χ1v) is 23.3. The average molecular weight is 870 g/mol. The molecule has 3 aliphatic heterocycles. The van der Waals surface area contributed by atoms with Crippen molar-refractivity contribution in [3.05, 3.63) is 105 Å². The van der Waals surface area contributed by atoms with Crippen molar-refractivity contribution in [3.63, 3.8) is 0 Å². The highest BCUT2D eigenvalue weighted by molar-refractivity contribution is 7.90. The largest absolute Gasteiger partial charge is 0.455 e. The fourth-order valence-corrected chi connectivity index (χ4v) is 11.1. The summed E-state index contributed by atoms with van der Waals surface area (Å²) in [7, 11) is -4.56. The van der Waals surface area contributed by atoms with E-state index in [9.17, 15) is 23.3 Å². The molecule has 322 valence electrons. The van der Waals surface area contributed by atoms with Crippen LogP contribution in [-0.4, -0.2) is 74.6 Å². The molecule has 0 bridgehead atoms. The summed E-state index contributed by atoms with van der Waals surface area (Å²) in [5, 5.41) is 15.3. The SMILES string of the molecule is Nc1ncc(Oc2cc(N3CCC4(CC3)CC(N3CCC[C@H]3c3ccccc3C3CC3)C4)ccc2C(=O)NS(=O)(=O)c2ccc(NCC3CCOCC3)c([N+](=O)[O-])c2)cc1Cl. The van der Waals surface area contributed by atoms with Gasteiger partial charge in [0.25, 0.3) is 21.6 Å². The highest BCUT2D eigenvalue weighted by atomic mass is 35.5. The highest BCUT2D eigenvalue weighted by Crippen LogP contribution is 2.55. The number of benzene rings is 3. The van der Waals surface area contributed by atoms with Gasteiger partial charge in [-0.2, -0.15) is 0 Å². The minimum atomic E-state index is -4.56. The molecule has 4 aromatic rings. The Morgan fingerprint density at radius 2 is 1.74 bits per heavy atom. The number of carbonyl (C=O) groups excluding carboxylic acids is 1. The lowest BCUT2D eigenvalue weighted by Gasteiger charge is -2.56. The van der Waals surface area contributed by atoms with E-state index >= 15 is 0 Å². The Morgan fingerprint density at radius 1 is 0.984 bits per heavy atom. The van der Waals surface area contributed by atoms with E-state index in [1.165, 1.54) is 69.0 Å². The molecule has 61 heavy (non-hydrogen) atoms. The molecule has 2 saturated carbocycles. The number of nitrogens with one attached hydrogen (secondary N) is 2. The van der Waals surface area contributed by atoms with Gasteiger partial charge in [-0.3, -0.25) is 19.8 Å². The summed E-state index contributed by atoms with van der Waals surface area (Å²) in [4.78, 5) is 34.0. The Bertz CT molecular complexity index is 2410. The third kappa shape index (κ3) is 8.88. The molecule has 16 heteroatoms. The molecule has 4 N–H and O–H groups in total. The molecular formula is C45H52ClN7O7S. The van der Waals surface area contributed by atoms with E-state index in [4.69, 9.17) is 26.8 Å². The number of nitro benzene ring substituents is 1. The number of anilines is 3. The number of pyridine rings is 1. The van der Waals surface area contributed by atoms with Gasteiger partial charge in [-0.1, -0.05) is 35.9 Å². The maximum atomic E-state index is 13.9. The fraction of sp³-hybridized carbons (Fsp3) is 0.467. The van der Waals surface area contributed by atoms with E-state index in [0.29, 0.717) is 37.3 Å². The topological polar surface area (TPSA) is 182 Å². The maximum absolute atomic E-state index is 13.9. The number of piperidine rings is 1. The Balaban J connectivity index is 0.890. The second kappa shape index (κ2) is 17.1. The van der Waals surface area contributed by atoms with Crippen molar-refractivity contribution < 1.29 is 27.6 Å². The molecule has 4 heterocycles. The van der Waals surface area contributed by atoms with Gasteiger partial charge in [0.2, 0.25) is 0 Å². The molecule has 1 atom stereocenters. The number of sulfonamides is 1. The molecule has 0 radical (unpaired) electrons. The molecule has 9 rings (SSSR count). The zero-order chi connectivity index (χ0) is 42.3. The lowest BCUT2D eigenvalue weighted by atomic mass is 9.59. The molecule has 5 fully saturated rings. The maximum Gasteiger partial charge on any atom is 0.293 e. The van der Waals surface area contributed by atoms with Crippen molar-refractivity contribution in [2.24, 2.45) is 11.3 Å². The third-order valence-electron chi connectivity index (χ3n) is 13.6. The summed E-state index contributed by atoms with van der Waals surface area (Å²) in [6, 6.07) is 20.3. The van der Waals surface area contributed by atoms with Gasteiger partial charge < -0.3 is 25.4 Å². The van der Waals surface area contributed by atoms with Crippen LogP contribution < -0.4 is 25.4 Å². The summed E-state index contributed by atoms with van der Waals surface area (Å²) in [5.41, 5.74) is 9.79. The van der Waals surface area contributed by atoms with Gasteiger partial charge in [-0.05, 0) is 123 Å². The zero-order valence-corrected chi connectivity index (χ0v) is 35.6. The van der Waals surface area contributed by atoms with Gasteiger partial charge in [0, 0.05) is 68.8 Å². The lowest BCUT2D eigenvalue weighted by Crippen LogP contribution is -2.54. The monoisotopic (exact) mass is 869 g/mol. The molecular weight excluding hydrogens is 818 g/mol. The van der Waals surface area contributed by atoms with Gasteiger partial charge in [0.15, 0.2) is 0 Å². The second-order valence-corrected chi connectivity index (χ2v) is 19.6. The zero-order valence-electron chi connectivity index (χ0n) is 34.1. The Labute approximate surface area is 361 Å². The van der Waals surface area contributed by atoms with Crippen molar-refractivity contribution in [2.45, 2.75) is 87.1 Å². The fourth-order valence-electron chi connectivity index (χ4n) is 9.98. The van der Waals surface area contributed by atoms with Crippen LogP contribution in [0.4, 0.5) is 22.9 Å². The molecule has 1 aromatic heterocycles. The Hall–Kier alpha value is -4.96. The highest BCUT2D eigenvalue weighted by Gasteiger charge is 2.50. The number of carbonyl (C=O) groups is 1. The van der Waals surface area contributed by atoms with Gasteiger partial charge in [0.05, 0.1) is 26.6 Å². The number of ether oxygens (including phenoxy) is 2. The first-order valence-electron chi connectivity index (χ1n) is 21.4. The van der Waals surface area contributed by atoms with Crippen LogP contribution in [-0.2, 0) is 14.8 Å². The number of aromatic nitrogens is 1. The summed E-state index contributed by atoms with van der Waals surface area (Å²) >= 11 is 6.26. The van der Waals surface area contributed by atoms with Crippen LogP contribution in [0, 0.1) is 21.4 Å². The van der Waals surface area contributed by atoms with E-state index in [1.54, 1.807) is 23.3 Å². The first-order chi connectivity index (χ1) is 29.4. The lowest BCUT2D eigenvalue weighted by molar-refractivity contribution is -0.384. The molecule has 2 aliphatic carbocycles. The summed E-state index contributed by atoms with van der Waals surface area (Å²) in [5.74, 6) is 0.430. The number of rotatable bonds is 13. The summed E-state index contributed by atoms with van der Waals surface area (Å²) in [6.45, 7) is 4.55. The van der Waals surface area contributed by atoms with E-state index in [2.05, 4.69) is 49.1 Å². The number of likely N-dealkylation sites (tertiary alicyclic amines) is 1. The van der Waals surface area contributed by atoms with E-state index < -0.39 is 31.4 Å². The van der Waals surface area contributed by atoms with Crippen LogP contribution in [0.5, 0.6) is 11.5 Å². The van der Waals surface area contributed by atoms with Gasteiger partial charge in [-0.25, -0.2) is 18.1 Å². The number of amides is 1. The number of nitrogen functional groups attached to an aromatic ring is 1. The van der Waals surface area contributed by atoms with Crippen molar-refractivity contribution in [1.82, 2.24) is 14.6 Å². The van der Waals surface area contributed by atoms with E-state index in [-0.39, 0.29) is 39.5 Å². The number of nitro groups is 1. The number of nitrogens with two attached hydrogens (primary N) is 1. The second-order valence-electron chi connectivity index (χ2n) is 17.5. The summed E-state index contributed by atoms with van der Waals surface area (Å²) < 4.78 is 40.9. The van der Waals surface area contributed by atoms with Crippen molar-refractivity contribution in [1.29, 1.82) is 0 Å². The smallest absolute Gasteiger partial charge is 0.293 e.